The standard InChI is InChI=1S/C24H26N2O2/c1-3-5-19-10-12-22(13-11-19)23(27)14-15-24(28)26(16-4-2)18-21-8-6-20(17-25)7-9-21/h4,6-13H,2-3,5,14-16,18H2,1H3. The van der Waals surface area contributed by atoms with Crippen LogP contribution in [0.25, 0.3) is 0 Å². The molecule has 0 atom stereocenters. The SMILES string of the molecule is C=CCN(Cc1ccc(C#N)cc1)C(=O)CCC(=O)c1ccc(CCC)cc1. The Morgan fingerprint density at radius 2 is 1.68 bits per heavy atom. The molecule has 0 heterocycles. The van der Waals surface area contributed by atoms with Gasteiger partial charge in [-0.05, 0) is 29.7 Å². The highest BCUT2D eigenvalue weighted by atomic mass is 16.2. The van der Waals surface area contributed by atoms with Crippen molar-refractivity contribution in [2.75, 3.05) is 6.54 Å². The van der Waals surface area contributed by atoms with Crippen LogP contribution in [0, 0.1) is 11.3 Å². The molecule has 0 radical (unpaired) electrons. The molecule has 2 aromatic carbocycles. The lowest BCUT2D eigenvalue weighted by molar-refractivity contribution is -0.131. The first kappa shape index (κ1) is 21.1. The molecule has 0 aromatic heterocycles. The van der Waals surface area contributed by atoms with Gasteiger partial charge in [-0.15, -0.1) is 6.58 Å². The largest absolute Gasteiger partial charge is 0.335 e. The van der Waals surface area contributed by atoms with Crippen LogP contribution in [-0.4, -0.2) is 23.1 Å². The van der Waals surface area contributed by atoms with Crippen molar-refractivity contribution in [3.05, 3.63) is 83.4 Å². The number of nitrogens with zero attached hydrogens (tertiary/aromatic N) is 2. The Morgan fingerprint density at radius 3 is 2.25 bits per heavy atom. The van der Waals surface area contributed by atoms with Crippen molar-refractivity contribution < 1.29 is 9.59 Å². The summed E-state index contributed by atoms with van der Waals surface area (Å²) in [4.78, 5) is 26.7. The molecule has 0 fully saturated rings. The lowest BCUT2D eigenvalue weighted by atomic mass is 10.0. The van der Waals surface area contributed by atoms with Gasteiger partial charge in [-0.3, -0.25) is 9.59 Å². The number of nitriles is 1. The van der Waals surface area contributed by atoms with Gasteiger partial charge in [-0.2, -0.15) is 5.26 Å². The second kappa shape index (κ2) is 10.8. The first-order valence-corrected chi connectivity index (χ1v) is 9.57. The van der Waals surface area contributed by atoms with Crippen molar-refractivity contribution >= 4 is 11.7 Å². The van der Waals surface area contributed by atoms with Gasteiger partial charge in [-0.25, -0.2) is 0 Å². The third-order valence-corrected chi connectivity index (χ3v) is 4.54. The first-order valence-electron chi connectivity index (χ1n) is 9.57. The number of hydrogen-bond donors (Lipinski definition) is 0. The molecule has 2 aromatic rings. The van der Waals surface area contributed by atoms with E-state index in [0.717, 1.165) is 18.4 Å². The summed E-state index contributed by atoms with van der Waals surface area (Å²) in [7, 11) is 0. The highest BCUT2D eigenvalue weighted by Crippen LogP contribution is 2.13. The number of amides is 1. The smallest absolute Gasteiger partial charge is 0.223 e. The second-order valence-corrected chi connectivity index (χ2v) is 6.74. The number of benzene rings is 2. The van der Waals surface area contributed by atoms with Crippen LogP contribution in [0.3, 0.4) is 0 Å². The van der Waals surface area contributed by atoms with Crippen LogP contribution < -0.4 is 0 Å². The molecule has 0 saturated heterocycles. The molecule has 1 amide bonds. The third-order valence-electron chi connectivity index (χ3n) is 4.54. The molecule has 0 N–H and O–H groups in total. The number of carbonyl (C=O) groups is 2. The van der Waals surface area contributed by atoms with E-state index in [-0.39, 0.29) is 24.5 Å². The summed E-state index contributed by atoms with van der Waals surface area (Å²) in [6.07, 6.45) is 4.10. The van der Waals surface area contributed by atoms with E-state index in [1.165, 1.54) is 5.56 Å². The van der Waals surface area contributed by atoms with Crippen LogP contribution in [0.1, 0.15) is 53.2 Å². The topological polar surface area (TPSA) is 61.2 Å². The van der Waals surface area contributed by atoms with Gasteiger partial charge in [-0.1, -0.05) is 55.8 Å². The molecular weight excluding hydrogens is 348 g/mol. The van der Waals surface area contributed by atoms with E-state index in [0.29, 0.717) is 24.2 Å². The summed E-state index contributed by atoms with van der Waals surface area (Å²) in [5.41, 5.74) is 3.39. The summed E-state index contributed by atoms with van der Waals surface area (Å²) >= 11 is 0. The average Bonchev–Trinajstić information content (AvgIpc) is 2.72. The molecule has 144 valence electrons. The highest BCUT2D eigenvalue weighted by molar-refractivity contribution is 5.98. The van der Waals surface area contributed by atoms with Gasteiger partial charge in [0.05, 0.1) is 11.6 Å². The van der Waals surface area contributed by atoms with E-state index >= 15 is 0 Å². The van der Waals surface area contributed by atoms with Crippen molar-refractivity contribution in [3.63, 3.8) is 0 Å². The van der Waals surface area contributed by atoms with Gasteiger partial charge < -0.3 is 4.90 Å². The lowest BCUT2D eigenvalue weighted by Crippen LogP contribution is -2.31. The van der Waals surface area contributed by atoms with Gasteiger partial charge in [0.15, 0.2) is 5.78 Å². The lowest BCUT2D eigenvalue weighted by Gasteiger charge is -2.21. The van der Waals surface area contributed by atoms with E-state index in [2.05, 4.69) is 19.6 Å². The third kappa shape index (κ3) is 6.21. The monoisotopic (exact) mass is 374 g/mol. The zero-order chi connectivity index (χ0) is 20.4. The van der Waals surface area contributed by atoms with E-state index in [4.69, 9.17) is 5.26 Å². The molecule has 0 bridgehead atoms. The molecule has 0 aliphatic rings. The Kier molecular flexibility index (Phi) is 8.17. The summed E-state index contributed by atoms with van der Waals surface area (Å²) in [6, 6.07) is 16.9. The molecule has 28 heavy (non-hydrogen) atoms. The number of aryl methyl sites for hydroxylation is 1. The van der Waals surface area contributed by atoms with Gasteiger partial charge >= 0.3 is 0 Å². The fourth-order valence-corrected chi connectivity index (χ4v) is 2.98. The number of ketones is 1. The van der Waals surface area contributed by atoms with Gasteiger partial charge in [0.1, 0.15) is 0 Å². The quantitative estimate of drug-likeness (QED) is 0.448. The number of carbonyl (C=O) groups excluding carboxylic acids is 2. The predicted molar refractivity (Wildman–Crippen MR) is 111 cm³/mol. The summed E-state index contributed by atoms with van der Waals surface area (Å²) in [5, 5.41) is 8.88. The van der Waals surface area contributed by atoms with Crippen molar-refractivity contribution in [3.8, 4) is 6.07 Å². The minimum absolute atomic E-state index is 0.0201. The predicted octanol–water partition coefficient (Wildman–Crippen LogP) is 4.69. The maximum Gasteiger partial charge on any atom is 0.223 e. The Bertz CT molecular complexity index is 846. The van der Waals surface area contributed by atoms with Crippen LogP contribution in [-0.2, 0) is 17.8 Å². The molecular formula is C24H26N2O2. The summed E-state index contributed by atoms with van der Waals surface area (Å²) < 4.78 is 0. The minimum atomic E-state index is -0.0831. The normalized spacial score (nSPS) is 10.1. The first-order chi connectivity index (χ1) is 13.6. The van der Waals surface area contributed by atoms with E-state index in [1.807, 2.05) is 36.4 Å². The molecule has 4 nitrogen and oxygen atoms in total. The van der Waals surface area contributed by atoms with Crippen molar-refractivity contribution in [2.24, 2.45) is 0 Å². The Labute approximate surface area is 167 Å². The molecule has 4 heteroatoms. The maximum atomic E-state index is 12.6. The van der Waals surface area contributed by atoms with Crippen molar-refractivity contribution in [1.82, 2.24) is 4.90 Å². The molecule has 2 rings (SSSR count). The molecule has 0 spiro atoms. The van der Waals surface area contributed by atoms with Crippen LogP contribution >= 0.6 is 0 Å². The zero-order valence-electron chi connectivity index (χ0n) is 16.4. The number of rotatable bonds is 10. The van der Waals surface area contributed by atoms with E-state index < -0.39 is 0 Å². The fraction of sp³-hybridized carbons (Fsp3) is 0.292. The Hall–Kier alpha value is -3.19. The van der Waals surface area contributed by atoms with Crippen LogP contribution in [0.2, 0.25) is 0 Å². The molecule has 0 aliphatic carbocycles. The molecule has 0 aliphatic heterocycles. The van der Waals surface area contributed by atoms with Gasteiger partial charge in [0, 0.05) is 31.5 Å². The molecule has 0 saturated carbocycles. The minimum Gasteiger partial charge on any atom is -0.335 e. The van der Waals surface area contributed by atoms with E-state index in [1.54, 1.807) is 23.1 Å². The molecule has 0 unspecified atom stereocenters. The fourth-order valence-electron chi connectivity index (χ4n) is 2.98. The highest BCUT2D eigenvalue weighted by Gasteiger charge is 2.15. The van der Waals surface area contributed by atoms with E-state index in [9.17, 15) is 9.59 Å². The second-order valence-electron chi connectivity index (χ2n) is 6.74. The summed E-state index contributed by atoms with van der Waals surface area (Å²) in [5.74, 6) is -0.103. The zero-order valence-corrected chi connectivity index (χ0v) is 16.4. The maximum absolute atomic E-state index is 12.6. The van der Waals surface area contributed by atoms with Crippen LogP contribution in [0.4, 0.5) is 0 Å². The van der Waals surface area contributed by atoms with Gasteiger partial charge in [0.2, 0.25) is 5.91 Å². The van der Waals surface area contributed by atoms with Crippen LogP contribution in [0.5, 0.6) is 0 Å². The Balaban J connectivity index is 1.94. The number of hydrogen-bond acceptors (Lipinski definition) is 3. The Morgan fingerprint density at radius 1 is 1.04 bits per heavy atom. The van der Waals surface area contributed by atoms with Crippen molar-refractivity contribution in [1.29, 1.82) is 5.26 Å². The summed E-state index contributed by atoms with van der Waals surface area (Å²) in [6.45, 7) is 6.68. The average molecular weight is 374 g/mol. The van der Waals surface area contributed by atoms with Crippen molar-refractivity contribution in [2.45, 2.75) is 39.2 Å². The number of Topliss-reactive ketones (excluding diaryl/α,β-unsaturated/α-hetero) is 1. The van der Waals surface area contributed by atoms with Gasteiger partial charge in [0.25, 0.3) is 0 Å². The van der Waals surface area contributed by atoms with Crippen LogP contribution in [0.15, 0.2) is 61.2 Å².